The average Bonchev–Trinajstić information content (AvgIpc) is 2.89. The molecule has 2 aromatic heterocycles. The van der Waals surface area contributed by atoms with Gasteiger partial charge in [0.2, 0.25) is 0 Å². The van der Waals surface area contributed by atoms with E-state index in [0.717, 1.165) is 0 Å². The van der Waals surface area contributed by atoms with Gasteiger partial charge >= 0.3 is 0 Å². The second-order valence-corrected chi connectivity index (χ2v) is 4.72. The first-order valence-corrected chi connectivity index (χ1v) is 6.21. The van der Waals surface area contributed by atoms with Crippen LogP contribution in [-0.2, 0) is 0 Å². The number of H-pyrrole nitrogens is 1. The van der Waals surface area contributed by atoms with Crippen molar-refractivity contribution < 1.29 is 9.18 Å². The van der Waals surface area contributed by atoms with Crippen LogP contribution in [0.2, 0.25) is 5.02 Å². The fourth-order valence-electron chi connectivity index (χ4n) is 2.10. The van der Waals surface area contributed by atoms with E-state index < -0.39 is 17.2 Å². The highest BCUT2D eigenvalue weighted by atomic mass is 35.5. The molecular formula is C13H8ClFN4O2. The van der Waals surface area contributed by atoms with Crippen LogP contribution in [0.5, 0.6) is 0 Å². The lowest BCUT2D eigenvalue weighted by Gasteiger charge is -2.07. The van der Waals surface area contributed by atoms with Gasteiger partial charge in [-0.2, -0.15) is 0 Å². The van der Waals surface area contributed by atoms with Gasteiger partial charge in [-0.15, -0.1) is 0 Å². The molecule has 0 aliphatic carbocycles. The number of fused-ring (bicyclic) bond motifs is 1. The molecule has 0 aliphatic rings. The van der Waals surface area contributed by atoms with E-state index in [-0.39, 0.29) is 16.2 Å². The Hall–Kier alpha value is -2.67. The zero-order valence-corrected chi connectivity index (χ0v) is 11.2. The molecule has 2 heterocycles. The number of nitrogens with two attached hydrogens (primary N) is 1. The SMILES string of the molecule is NC(=O)c1c(=O)cc(-c2ccc(F)c(Cl)c2)n2[nH]cnc12. The third-order valence-corrected chi connectivity index (χ3v) is 3.32. The Morgan fingerprint density at radius 3 is 2.81 bits per heavy atom. The summed E-state index contributed by atoms with van der Waals surface area (Å²) < 4.78 is 14.6. The van der Waals surface area contributed by atoms with Crippen LogP contribution in [0.25, 0.3) is 16.9 Å². The summed E-state index contributed by atoms with van der Waals surface area (Å²) in [7, 11) is 0. The number of nitrogens with one attached hydrogen (secondary N) is 1. The average molecular weight is 307 g/mol. The lowest BCUT2D eigenvalue weighted by atomic mass is 10.1. The Morgan fingerprint density at radius 2 is 2.14 bits per heavy atom. The zero-order valence-electron chi connectivity index (χ0n) is 10.4. The van der Waals surface area contributed by atoms with Gasteiger partial charge in [0.15, 0.2) is 11.1 Å². The van der Waals surface area contributed by atoms with Gasteiger partial charge in [-0.25, -0.2) is 13.9 Å². The summed E-state index contributed by atoms with van der Waals surface area (Å²) in [4.78, 5) is 27.3. The Labute approximate surface area is 122 Å². The monoisotopic (exact) mass is 306 g/mol. The van der Waals surface area contributed by atoms with E-state index in [0.29, 0.717) is 11.3 Å². The Kier molecular flexibility index (Phi) is 2.99. The number of hydrogen-bond acceptors (Lipinski definition) is 3. The maximum atomic E-state index is 13.2. The molecule has 106 valence electrons. The third-order valence-electron chi connectivity index (χ3n) is 3.03. The van der Waals surface area contributed by atoms with E-state index in [1.54, 1.807) is 0 Å². The Morgan fingerprint density at radius 1 is 1.38 bits per heavy atom. The number of carbonyl (C=O) groups is 1. The molecule has 0 radical (unpaired) electrons. The minimum Gasteiger partial charge on any atom is -0.365 e. The summed E-state index contributed by atoms with van der Waals surface area (Å²) in [5.41, 5.74) is 5.40. The number of benzene rings is 1. The summed E-state index contributed by atoms with van der Waals surface area (Å²) in [6, 6.07) is 5.25. The summed E-state index contributed by atoms with van der Waals surface area (Å²) in [6.45, 7) is 0. The largest absolute Gasteiger partial charge is 0.365 e. The number of carbonyl (C=O) groups excluding carboxylic acids is 1. The molecule has 1 aromatic carbocycles. The molecule has 6 nitrogen and oxygen atoms in total. The van der Waals surface area contributed by atoms with E-state index in [9.17, 15) is 14.0 Å². The number of aromatic amines is 1. The molecule has 21 heavy (non-hydrogen) atoms. The number of pyridine rings is 1. The van der Waals surface area contributed by atoms with Crippen molar-refractivity contribution in [2.45, 2.75) is 0 Å². The molecule has 3 aromatic rings. The second-order valence-electron chi connectivity index (χ2n) is 4.31. The first-order chi connectivity index (χ1) is 9.99. The van der Waals surface area contributed by atoms with Crippen molar-refractivity contribution in [1.29, 1.82) is 0 Å². The predicted molar refractivity (Wildman–Crippen MR) is 74.7 cm³/mol. The van der Waals surface area contributed by atoms with E-state index in [2.05, 4.69) is 10.1 Å². The quantitative estimate of drug-likeness (QED) is 0.752. The van der Waals surface area contributed by atoms with Crippen LogP contribution in [0.3, 0.4) is 0 Å². The summed E-state index contributed by atoms with van der Waals surface area (Å²) in [5, 5.41) is 2.69. The minimum absolute atomic E-state index is 0.0767. The number of amides is 1. The predicted octanol–water partition coefficient (Wildman–Crippen LogP) is 1.58. The molecule has 0 bridgehead atoms. The van der Waals surface area contributed by atoms with Crippen molar-refractivity contribution in [3.63, 3.8) is 0 Å². The summed E-state index contributed by atoms with van der Waals surface area (Å²) >= 11 is 5.75. The van der Waals surface area contributed by atoms with Gasteiger partial charge in [0, 0.05) is 11.6 Å². The number of hydrogen-bond donors (Lipinski definition) is 2. The lowest BCUT2D eigenvalue weighted by Crippen LogP contribution is -2.23. The molecule has 0 fully saturated rings. The van der Waals surface area contributed by atoms with Gasteiger partial charge in [0.05, 0.1) is 10.7 Å². The fraction of sp³-hybridized carbons (Fsp3) is 0. The van der Waals surface area contributed by atoms with Gasteiger partial charge in [0.25, 0.3) is 5.91 Å². The third kappa shape index (κ3) is 2.07. The van der Waals surface area contributed by atoms with Crippen LogP contribution >= 0.6 is 11.6 Å². The maximum Gasteiger partial charge on any atom is 0.256 e. The highest BCUT2D eigenvalue weighted by molar-refractivity contribution is 6.31. The molecule has 0 spiro atoms. The van der Waals surface area contributed by atoms with Crippen molar-refractivity contribution >= 4 is 23.2 Å². The number of aromatic nitrogens is 3. The zero-order chi connectivity index (χ0) is 15.1. The van der Waals surface area contributed by atoms with E-state index >= 15 is 0 Å². The number of nitrogens with zero attached hydrogens (tertiary/aromatic N) is 2. The highest BCUT2D eigenvalue weighted by Crippen LogP contribution is 2.24. The molecule has 0 atom stereocenters. The molecule has 0 saturated carbocycles. The van der Waals surface area contributed by atoms with Crippen LogP contribution in [0.4, 0.5) is 4.39 Å². The summed E-state index contributed by atoms with van der Waals surface area (Å²) in [6.07, 6.45) is 1.32. The Bertz CT molecular complexity index is 932. The smallest absolute Gasteiger partial charge is 0.256 e. The van der Waals surface area contributed by atoms with Crippen molar-refractivity contribution in [3.8, 4) is 11.3 Å². The first kappa shape index (κ1) is 13.3. The molecule has 8 heteroatoms. The van der Waals surface area contributed by atoms with Gasteiger partial charge < -0.3 is 5.73 Å². The Balaban J connectivity index is 2.36. The topological polar surface area (TPSA) is 93.3 Å². The number of rotatable bonds is 2. The molecule has 0 unspecified atom stereocenters. The second kappa shape index (κ2) is 4.71. The number of primary amides is 1. The van der Waals surface area contributed by atoms with E-state index in [4.69, 9.17) is 17.3 Å². The van der Waals surface area contributed by atoms with E-state index in [1.807, 2.05) is 0 Å². The van der Waals surface area contributed by atoms with Crippen LogP contribution in [0.1, 0.15) is 10.4 Å². The molecule has 3 N–H and O–H groups in total. The van der Waals surface area contributed by atoms with Crippen molar-refractivity contribution in [2.24, 2.45) is 5.73 Å². The standard InChI is InChI=1S/C13H8ClFN4O2/c14-7-3-6(1-2-8(7)15)9-4-10(20)11(12(16)21)13-17-5-18-19(9)13/h1-5H,(H2,16,21)(H,17,18). The van der Waals surface area contributed by atoms with Gasteiger partial charge in [-0.05, 0) is 18.2 Å². The maximum absolute atomic E-state index is 13.2. The van der Waals surface area contributed by atoms with Gasteiger partial charge in [0.1, 0.15) is 17.7 Å². The van der Waals surface area contributed by atoms with Crippen molar-refractivity contribution in [1.82, 2.24) is 14.6 Å². The van der Waals surface area contributed by atoms with Crippen molar-refractivity contribution in [3.05, 3.63) is 57.2 Å². The highest BCUT2D eigenvalue weighted by Gasteiger charge is 2.17. The van der Waals surface area contributed by atoms with Crippen LogP contribution < -0.4 is 11.2 Å². The van der Waals surface area contributed by atoms with Crippen LogP contribution in [0, 0.1) is 5.82 Å². The number of halogens is 2. The molecule has 0 saturated heterocycles. The van der Waals surface area contributed by atoms with Crippen molar-refractivity contribution in [2.75, 3.05) is 0 Å². The normalized spacial score (nSPS) is 11.0. The molecule has 0 aliphatic heterocycles. The summed E-state index contributed by atoms with van der Waals surface area (Å²) in [5.74, 6) is -1.43. The van der Waals surface area contributed by atoms with Crippen LogP contribution in [0.15, 0.2) is 35.4 Å². The molecule has 1 amide bonds. The van der Waals surface area contributed by atoms with Gasteiger partial charge in [-0.1, -0.05) is 11.6 Å². The molecule has 3 rings (SSSR count). The fourth-order valence-corrected chi connectivity index (χ4v) is 2.28. The van der Waals surface area contributed by atoms with Gasteiger partial charge in [-0.3, -0.25) is 14.7 Å². The molecular weight excluding hydrogens is 299 g/mol. The first-order valence-electron chi connectivity index (χ1n) is 5.83. The van der Waals surface area contributed by atoms with Crippen LogP contribution in [-0.4, -0.2) is 20.5 Å². The lowest BCUT2D eigenvalue weighted by molar-refractivity contribution is 0.100. The van der Waals surface area contributed by atoms with E-state index in [1.165, 1.54) is 35.1 Å². The minimum atomic E-state index is -0.867.